The van der Waals surface area contributed by atoms with E-state index in [9.17, 15) is 4.79 Å². The van der Waals surface area contributed by atoms with Gasteiger partial charge >= 0.3 is 0 Å². The average molecular weight is 415 g/mol. The highest BCUT2D eigenvalue weighted by Crippen LogP contribution is 2.33. The van der Waals surface area contributed by atoms with Crippen molar-refractivity contribution in [2.75, 3.05) is 19.5 Å². The number of hydrogen-bond donors (Lipinski definition) is 1. The van der Waals surface area contributed by atoms with Crippen LogP contribution in [-0.2, 0) is 4.79 Å². The van der Waals surface area contributed by atoms with Crippen LogP contribution in [-0.4, -0.2) is 30.4 Å². The van der Waals surface area contributed by atoms with E-state index < -0.39 is 0 Å². The van der Waals surface area contributed by atoms with Crippen LogP contribution >= 0.6 is 23.1 Å². The molecule has 0 saturated carbocycles. The summed E-state index contributed by atoms with van der Waals surface area (Å²) in [6, 6.07) is 13.8. The molecule has 0 aliphatic heterocycles. The van der Waals surface area contributed by atoms with Gasteiger partial charge in [-0.15, -0.1) is 23.1 Å². The molecule has 0 fully saturated rings. The first-order valence-corrected chi connectivity index (χ1v) is 10.5. The molecule has 0 spiro atoms. The molecule has 146 valence electrons. The molecule has 0 radical (unpaired) electrons. The number of hydrogen-bond acceptors (Lipinski definition) is 6. The summed E-state index contributed by atoms with van der Waals surface area (Å²) in [5, 5.41) is 5.17. The van der Waals surface area contributed by atoms with Gasteiger partial charge in [0.2, 0.25) is 5.91 Å². The zero-order chi connectivity index (χ0) is 20.1. The van der Waals surface area contributed by atoms with Gasteiger partial charge in [0.05, 0.1) is 25.2 Å². The van der Waals surface area contributed by atoms with Crippen LogP contribution in [0.3, 0.4) is 0 Å². The number of carbonyl (C=O) groups excluding carboxylic acids is 1. The zero-order valence-corrected chi connectivity index (χ0v) is 17.8. The molecule has 0 aliphatic carbocycles. The molecule has 1 unspecified atom stereocenters. The quantitative estimate of drug-likeness (QED) is 0.535. The highest BCUT2D eigenvalue weighted by atomic mass is 32.2. The minimum Gasteiger partial charge on any atom is -0.493 e. The maximum atomic E-state index is 12.5. The number of methoxy groups -OCH3 is 2. The van der Waals surface area contributed by atoms with E-state index in [0.717, 1.165) is 16.2 Å². The maximum Gasteiger partial charge on any atom is 0.239 e. The molecule has 0 bridgehead atoms. The summed E-state index contributed by atoms with van der Waals surface area (Å²) in [6.07, 6.45) is 0. The van der Waals surface area contributed by atoms with Gasteiger partial charge in [-0.1, -0.05) is 17.7 Å². The summed E-state index contributed by atoms with van der Waals surface area (Å²) >= 11 is 2.92. The van der Waals surface area contributed by atoms with E-state index in [2.05, 4.69) is 10.3 Å². The number of aromatic nitrogens is 1. The number of anilines is 1. The molecular formula is C21H22N2O3S2. The molecule has 1 N–H and O–H groups in total. The first-order chi connectivity index (χ1) is 13.5. The van der Waals surface area contributed by atoms with Crippen molar-refractivity contribution in [3.63, 3.8) is 0 Å². The SMILES string of the molecule is COc1ccc(-c2csc(NC(=O)C(C)Sc3ccc(C)cc3)n2)cc1OC. The minimum absolute atomic E-state index is 0.0706. The zero-order valence-electron chi connectivity index (χ0n) is 16.2. The third-order valence-corrected chi connectivity index (χ3v) is 5.99. The molecule has 0 saturated heterocycles. The van der Waals surface area contributed by atoms with Crippen molar-refractivity contribution >= 4 is 34.1 Å². The molecule has 1 atom stereocenters. The van der Waals surface area contributed by atoms with Crippen molar-refractivity contribution in [2.24, 2.45) is 0 Å². The molecule has 2 aromatic carbocycles. The second kappa shape index (κ2) is 9.12. The molecule has 1 heterocycles. The number of benzene rings is 2. The van der Waals surface area contributed by atoms with E-state index in [1.807, 2.05) is 61.7 Å². The second-order valence-electron chi connectivity index (χ2n) is 6.17. The largest absolute Gasteiger partial charge is 0.493 e. The normalized spacial score (nSPS) is 11.7. The lowest BCUT2D eigenvalue weighted by atomic mass is 10.1. The Balaban J connectivity index is 1.66. The number of amides is 1. The van der Waals surface area contributed by atoms with Crippen molar-refractivity contribution in [1.82, 2.24) is 4.98 Å². The number of nitrogens with zero attached hydrogens (tertiary/aromatic N) is 1. The van der Waals surface area contributed by atoms with Gasteiger partial charge in [-0.2, -0.15) is 0 Å². The fraction of sp³-hybridized carbons (Fsp3) is 0.238. The van der Waals surface area contributed by atoms with Gasteiger partial charge in [0.15, 0.2) is 16.6 Å². The number of nitrogens with one attached hydrogen (secondary N) is 1. The van der Waals surface area contributed by atoms with Crippen LogP contribution in [0, 0.1) is 6.92 Å². The number of ether oxygens (including phenoxy) is 2. The number of aryl methyl sites for hydroxylation is 1. The van der Waals surface area contributed by atoms with E-state index in [0.29, 0.717) is 16.6 Å². The monoisotopic (exact) mass is 414 g/mol. The summed E-state index contributed by atoms with van der Waals surface area (Å²) < 4.78 is 10.6. The molecule has 3 rings (SSSR count). The van der Waals surface area contributed by atoms with Gasteiger partial charge < -0.3 is 14.8 Å². The molecule has 5 nitrogen and oxygen atoms in total. The molecule has 0 aliphatic rings. The van der Waals surface area contributed by atoms with Gasteiger partial charge in [0.25, 0.3) is 0 Å². The molecule has 1 aromatic heterocycles. The third-order valence-electron chi connectivity index (χ3n) is 4.12. The highest BCUT2D eigenvalue weighted by molar-refractivity contribution is 8.00. The van der Waals surface area contributed by atoms with Crippen LogP contribution in [0.1, 0.15) is 12.5 Å². The van der Waals surface area contributed by atoms with Gasteiger partial charge in [0.1, 0.15) is 0 Å². The van der Waals surface area contributed by atoms with E-state index in [1.54, 1.807) is 14.2 Å². The maximum absolute atomic E-state index is 12.5. The number of thioether (sulfide) groups is 1. The Labute approximate surface area is 173 Å². The van der Waals surface area contributed by atoms with Crippen LogP contribution in [0.2, 0.25) is 0 Å². The molecule has 1 amide bonds. The predicted molar refractivity (Wildman–Crippen MR) is 116 cm³/mol. The van der Waals surface area contributed by atoms with Gasteiger partial charge in [-0.05, 0) is 44.2 Å². The van der Waals surface area contributed by atoms with Gasteiger partial charge in [-0.25, -0.2) is 4.98 Å². The van der Waals surface area contributed by atoms with E-state index in [-0.39, 0.29) is 11.2 Å². The van der Waals surface area contributed by atoms with Crippen molar-refractivity contribution < 1.29 is 14.3 Å². The van der Waals surface area contributed by atoms with Crippen LogP contribution in [0.5, 0.6) is 11.5 Å². The number of carbonyl (C=O) groups is 1. The van der Waals surface area contributed by atoms with Crippen molar-refractivity contribution in [3.05, 3.63) is 53.4 Å². The average Bonchev–Trinajstić information content (AvgIpc) is 3.17. The van der Waals surface area contributed by atoms with E-state index >= 15 is 0 Å². The second-order valence-corrected chi connectivity index (χ2v) is 8.44. The Bertz CT molecular complexity index is 955. The Kier molecular flexibility index (Phi) is 6.59. The third kappa shape index (κ3) is 4.85. The highest BCUT2D eigenvalue weighted by Gasteiger charge is 2.17. The van der Waals surface area contributed by atoms with Gasteiger partial charge in [-0.3, -0.25) is 4.79 Å². The van der Waals surface area contributed by atoms with Crippen molar-refractivity contribution in [3.8, 4) is 22.8 Å². The van der Waals surface area contributed by atoms with E-state index in [4.69, 9.17) is 9.47 Å². The first kappa shape index (κ1) is 20.2. The van der Waals surface area contributed by atoms with Crippen molar-refractivity contribution in [1.29, 1.82) is 0 Å². The Morgan fingerprint density at radius 3 is 2.50 bits per heavy atom. The summed E-state index contributed by atoms with van der Waals surface area (Å²) in [5.74, 6) is 1.23. The lowest BCUT2D eigenvalue weighted by molar-refractivity contribution is -0.115. The Hall–Kier alpha value is -2.51. The van der Waals surface area contributed by atoms with Gasteiger partial charge in [0, 0.05) is 15.8 Å². The van der Waals surface area contributed by atoms with Crippen LogP contribution in [0.15, 0.2) is 52.7 Å². The topological polar surface area (TPSA) is 60.5 Å². The fourth-order valence-corrected chi connectivity index (χ4v) is 4.13. The minimum atomic E-state index is -0.226. The Morgan fingerprint density at radius 2 is 1.82 bits per heavy atom. The summed E-state index contributed by atoms with van der Waals surface area (Å²) in [5.41, 5.74) is 2.88. The van der Waals surface area contributed by atoms with Crippen LogP contribution in [0.4, 0.5) is 5.13 Å². The molecular weight excluding hydrogens is 392 g/mol. The fourth-order valence-electron chi connectivity index (χ4n) is 2.54. The molecule has 3 aromatic rings. The van der Waals surface area contributed by atoms with Crippen LogP contribution in [0.25, 0.3) is 11.3 Å². The predicted octanol–water partition coefficient (Wildman–Crippen LogP) is 5.26. The molecule has 28 heavy (non-hydrogen) atoms. The first-order valence-electron chi connectivity index (χ1n) is 8.72. The smallest absolute Gasteiger partial charge is 0.239 e. The summed E-state index contributed by atoms with van der Waals surface area (Å²) in [7, 11) is 3.20. The molecule has 7 heteroatoms. The lowest BCUT2D eigenvalue weighted by Gasteiger charge is -2.10. The van der Waals surface area contributed by atoms with E-state index in [1.165, 1.54) is 28.7 Å². The standard InChI is InChI=1S/C21H22N2O3S2/c1-13-5-8-16(9-6-13)28-14(2)20(24)23-21-22-17(12-27-21)15-7-10-18(25-3)19(11-15)26-4/h5-12,14H,1-4H3,(H,22,23,24). The Morgan fingerprint density at radius 1 is 1.11 bits per heavy atom. The summed E-state index contributed by atoms with van der Waals surface area (Å²) in [4.78, 5) is 18.1. The number of thiazole rings is 1. The number of rotatable bonds is 7. The van der Waals surface area contributed by atoms with Crippen molar-refractivity contribution in [2.45, 2.75) is 24.0 Å². The summed E-state index contributed by atoms with van der Waals surface area (Å²) in [6.45, 7) is 3.94. The van der Waals surface area contributed by atoms with Crippen LogP contribution < -0.4 is 14.8 Å². The lowest BCUT2D eigenvalue weighted by Crippen LogP contribution is -2.22.